The molecule has 3 rings (SSSR count). The van der Waals surface area contributed by atoms with Crippen LogP contribution in [0.3, 0.4) is 0 Å². The highest BCUT2D eigenvalue weighted by atomic mass is 16.5. The van der Waals surface area contributed by atoms with E-state index in [1.807, 2.05) is 62.5 Å². The van der Waals surface area contributed by atoms with E-state index in [2.05, 4.69) is 15.6 Å². The normalized spacial score (nSPS) is 11.8. The van der Waals surface area contributed by atoms with Crippen LogP contribution in [0.2, 0.25) is 0 Å². The molecule has 146 valence electrons. The van der Waals surface area contributed by atoms with Crippen molar-refractivity contribution in [1.29, 1.82) is 0 Å². The molecule has 1 aromatic heterocycles. The van der Waals surface area contributed by atoms with Crippen molar-refractivity contribution in [2.45, 2.75) is 33.2 Å². The second-order valence-electron chi connectivity index (χ2n) is 6.72. The van der Waals surface area contributed by atoms with Gasteiger partial charge in [-0.1, -0.05) is 30.3 Å². The lowest BCUT2D eigenvalue weighted by atomic mass is 10.0. The first-order valence-corrected chi connectivity index (χ1v) is 9.35. The Bertz CT molecular complexity index is 994. The third kappa shape index (κ3) is 4.34. The van der Waals surface area contributed by atoms with Crippen LogP contribution in [0.1, 0.15) is 23.6 Å². The lowest BCUT2D eigenvalue weighted by Gasteiger charge is -2.19. The molecule has 3 N–H and O–H groups in total. The van der Waals surface area contributed by atoms with Crippen LogP contribution in [-0.4, -0.2) is 29.6 Å². The van der Waals surface area contributed by atoms with Gasteiger partial charge in [-0.25, -0.2) is 4.79 Å². The molecule has 2 amide bonds. The number of fused-ring (bicyclic) bond motifs is 1. The molecule has 6 nitrogen and oxygen atoms in total. The van der Waals surface area contributed by atoms with Crippen LogP contribution in [0.15, 0.2) is 48.7 Å². The quantitative estimate of drug-likeness (QED) is 0.603. The van der Waals surface area contributed by atoms with Crippen molar-refractivity contribution in [1.82, 2.24) is 10.3 Å². The summed E-state index contributed by atoms with van der Waals surface area (Å²) in [5.74, 6) is -0.285. The molecule has 2 aromatic carbocycles. The number of ether oxygens (including phenoxy) is 1. The van der Waals surface area contributed by atoms with Crippen LogP contribution in [-0.2, 0) is 16.0 Å². The Labute approximate surface area is 164 Å². The number of alkyl carbamates (subject to hydrolysis) is 1. The van der Waals surface area contributed by atoms with Crippen LogP contribution in [0.4, 0.5) is 10.5 Å². The lowest BCUT2D eigenvalue weighted by Crippen LogP contribution is -2.45. The van der Waals surface area contributed by atoms with Crippen molar-refractivity contribution < 1.29 is 14.3 Å². The Morgan fingerprint density at radius 2 is 1.89 bits per heavy atom. The number of carbonyl (C=O) groups excluding carboxylic acids is 2. The summed E-state index contributed by atoms with van der Waals surface area (Å²) in [4.78, 5) is 28.2. The summed E-state index contributed by atoms with van der Waals surface area (Å²) < 4.78 is 4.98. The van der Waals surface area contributed by atoms with Gasteiger partial charge in [0.1, 0.15) is 6.04 Å². The van der Waals surface area contributed by atoms with Gasteiger partial charge in [-0.3, -0.25) is 4.79 Å². The van der Waals surface area contributed by atoms with Gasteiger partial charge < -0.3 is 20.4 Å². The van der Waals surface area contributed by atoms with Crippen molar-refractivity contribution in [3.63, 3.8) is 0 Å². The van der Waals surface area contributed by atoms with Gasteiger partial charge in [0, 0.05) is 29.2 Å². The highest BCUT2D eigenvalue weighted by Gasteiger charge is 2.24. The average Bonchev–Trinajstić information content (AvgIpc) is 3.08. The van der Waals surface area contributed by atoms with Crippen LogP contribution < -0.4 is 10.6 Å². The number of aromatic amines is 1. The standard InChI is InChI=1S/C22H25N3O3/c1-4-28-22(27)25-20(12-16-13-23-19-10-6-5-9-17(16)19)21(26)24-18-11-7-8-14(2)15(18)3/h5-11,13,20,23H,4,12H2,1-3H3,(H,24,26)(H,25,27)/t20-/m0/s1. The van der Waals surface area contributed by atoms with Gasteiger partial charge in [-0.15, -0.1) is 0 Å². The summed E-state index contributed by atoms with van der Waals surface area (Å²) in [5, 5.41) is 6.65. The van der Waals surface area contributed by atoms with E-state index in [4.69, 9.17) is 4.74 Å². The number of para-hydroxylation sites is 1. The second-order valence-corrected chi connectivity index (χ2v) is 6.72. The molecule has 0 aliphatic carbocycles. The molecular formula is C22H25N3O3. The number of amides is 2. The average molecular weight is 379 g/mol. The zero-order chi connectivity index (χ0) is 20.1. The first kappa shape index (κ1) is 19.5. The maximum absolute atomic E-state index is 13.0. The van der Waals surface area contributed by atoms with Crippen molar-refractivity contribution in [2.75, 3.05) is 11.9 Å². The topological polar surface area (TPSA) is 83.2 Å². The molecule has 0 unspecified atom stereocenters. The molecular weight excluding hydrogens is 354 g/mol. The molecule has 3 aromatic rings. The minimum Gasteiger partial charge on any atom is -0.450 e. The Morgan fingerprint density at radius 3 is 2.68 bits per heavy atom. The third-order valence-corrected chi connectivity index (χ3v) is 4.85. The first-order chi connectivity index (χ1) is 13.5. The molecule has 0 bridgehead atoms. The van der Waals surface area contributed by atoms with E-state index in [1.54, 1.807) is 6.92 Å². The summed E-state index contributed by atoms with van der Waals surface area (Å²) in [6.45, 7) is 5.92. The molecule has 0 aliphatic heterocycles. The van der Waals surface area contributed by atoms with Gasteiger partial charge >= 0.3 is 6.09 Å². The molecule has 1 atom stereocenters. The number of rotatable bonds is 6. The highest BCUT2D eigenvalue weighted by molar-refractivity contribution is 5.98. The summed E-state index contributed by atoms with van der Waals surface area (Å²) in [7, 11) is 0. The van der Waals surface area contributed by atoms with Gasteiger partial charge in [-0.2, -0.15) is 0 Å². The summed E-state index contributed by atoms with van der Waals surface area (Å²) >= 11 is 0. The Kier molecular flexibility index (Phi) is 5.99. The van der Waals surface area contributed by atoms with E-state index in [9.17, 15) is 9.59 Å². The molecule has 0 saturated heterocycles. The monoisotopic (exact) mass is 379 g/mol. The molecule has 1 heterocycles. The van der Waals surface area contributed by atoms with Gasteiger partial charge in [0.2, 0.25) is 5.91 Å². The summed E-state index contributed by atoms with van der Waals surface area (Å²) in [6, 6.07) is 12.8. The molecule has 0 spiro atoms. The van der Waals surface area contributed by atoms with Crippen LogP contribution in [0.25, 0.3) is 10.9 Å². The number of H-pyrrole nitrogens is 1. The fraction of sp³-hybridized carbons (Fsp3) is 0.273. The highest BCUT2D eigenvalue weighted by Crippen LogP contribution is 2.21. The van der Waals surface area contributed by atoms with E-state index in [0.717, 1.165) is 33.3 Å². The third-order valence-electron chi connectivity index (χ3n) is 4.85. The zero-order valence-electron chi connectivity index (χ0n) is 16.3. The van der Waals surface area contributed by atoms with Gasteiger partial charge in [0.05, 0.1) is 6.61 Å². The Morgan fingerprint density at radius 1 is 1.11 bits per heavy atom. The molecule has 6 heteroatoms. The number of carbonyl (C=O) groups is 2. The van der Waals surface area contributed by atoms with Crippen molar-refractivity contribution in [3.8, 4) is 0 Å². The molecule has 0 fully saturated rings. The summed E-state index contributed by atoms with van der Waals surface area (Å²) in [5.41, 5.74) is 4.76. The van der Waals surface area contributed by atoms with Crippen molar-refractivity contribution in [2.24, 2.45) is 0 Å². The second kappa shape index (κ2) is 8.61. The fourth-order valence-corrected chi connectivity index (χ4v) is 3.15. The van der Waals surface area contributed by atoms with Gasteiger partial charge in [-0.05, 0) is 49.6 Å². The predicted octanol–water partition coefficient (Wildman–Crippen LogP) is 4.08. The Hall–Kier alpha value is -3.28. The molecule has 28 heavy (non-hydrogen) atoms. The maximum Gasteiger partial charge on any atom is 0.407 e. The van der Waals surface area contributed by atoms with Gasteiger partial charge in [0.25, 0.3) is 0 Å². The Balaban J connectivity index is 1.84. The first-order valence-electron chi connectivity index (χ1n) is 9.35. The number of hydrogen-bond donors (Lipinski definition) is 3. The number of benzene rings is 2. The zero-order valence-corrected chi connectivity index (χ0v) is 16.3. The van der Waals surface area contributed by atoms with E-state index in [0.29, 0.717) is 6.42 Å². The van der Waals surface area contributed by atoms with Crippen molar-refractivity contribution >= 4 is 28.6 Å². The van der Waals surface area contributed by atoms with Crippen LogP contribution in [0.5, 0.6) is 0 Å². The lowest BCUT2D eigenvalue weighted by molar-refractivity contribution is -0.118. The number of hydrogen-bond acceptors (Lipinski definition) is 3. The van der Waals surface area contributed by atoms with Crippen LogP contribution in [0, 0.1) is 13.8 Å². The molecule has 0 saturated carbocycles. The number of aryl methyl sites for hydroxylation is 1. The number of aromatic nitrogens is 1. The minimum absolute atomic E-state index is 0.240. The van der Waals surface area contributed by atoms with Crippen LogP contribution >= 0.6 is 0 Å². The molecule has 0 radical (unpaired) electrons. The fourth-order valence-electron chi connectivity index (χ4n) is 3.15. The van der Waals surface area contributed by atoms with E-state index in [-0.39, 0.29) is 12.5 Å². The number of nitrogens with one attached hydrogen (secondary N) is 3. The smallest absolute Gasteiger partial charge is 0.407 e. The minimum atomic E-state index is -0.766. The van der Waals surface area contributed by atoms with E-state index >= 15 is 0 Å². The maximum atomic E-state index is 13.0. The summed E-state index contributed by atoms with van der Waals surface area (Å²) in [6.07, 6.45) is 1.61. The van der Waals surface area contributed by atoms with Gasteiger partial charge in [0.15, 0.2) is 0 Å². The largest absolute Gasteiger partial charge is 0.450 e. The SMILES string of the molecule is CCOC(=O)N[C@@H](Cc1c[nH]c2ccccc12)C(=O)Nc1cccc(C)c1C. The predicted molar refractivity (Wildman–Crippen MR) is 110 cm³/mol. The van der Waals surface area contributed by atoms with E-state index < -0.39 is 12.1 Å². The van der Waals surface area contributed by atoms with Crippen molar-refractivity contribution in [3.05, 3.63) is 65.4 Å². The van der Waals surface area contributed by atoms with E-state index in [1.165, 1.54) is 0 Å². The molecule has 0 aliphatic rings. The number of anilines is 1.